The first-order valence-electron chi connectivity index (χ1n) is 5.81. The highest BCUT2D eigenvalue weighted by Gasteiger charge is 2.09. The van der Waals surface area contributed by atoms with E-state index in [1.807, 2.05) is 0 Å². The van der Waals surface area contributed by atoms with Gasteiger partial charge in [-0.2, -0.15) is 5.10 Å². The van der Waals surface area contributed by atoms with Crippen LogP contribution in [0.2, 0.25) is 0 Å². The maximum atomic E-state index is 11.6. The number of hydrazone groups is 1. The van der Waals surface area contributed by atoms with Gasteiger partial charge in [0, 0.05) is 24.2 Å². The van der Waals surface area contributed by atoms with E-state index in [4.69, 9.17) is 4.42 Å². The predicted octanol–water partition coefficient (Wildman–Crippen LogP) is 2.01. The van der Waals surface area contributed by atoms with Crippen LogP contribution in [0.4, 0.5) is 5.88 Å². The molecule has 2 rings (SSSR count). The minimum absolute atomic E-state index is 0.314. The van der Waals surface area contributed by atoms with E-state index in [2.05, 4.69) is 15.5 Å². The Morgan fingerprint density at radius 3 is 2.76 bits per heavy atom. The maximum Gasteiger partial charge on any atom is 0.433 e. The third kappa shape index (κ3) is 4.10. The molecule has 0 aliphatic rings. The fourth-order valence-corrected chi connectivity index (χ4v) is 1.37. The standard InChI is InChI=1S/C13H10N4O4/c18-13(10-5-8-14-9-6-10)16-15-7-1-2-11-3-4-12(21-11)17(19)20/h1-9H,(H,16,18)/b2-1+,15-7+. The summed E-state index contributed by atoms with van der Waals surface area (Å²) in [6.45, 7) is 0. The molecule has 0 aliphatic heterocycles. The molecule has 2 heterocycles. The topological polar surface area (TPSA) is 111 Å². The number of hydrogen-bond donors (Lipinski definition) is 1. The smallest absolute Gasteiger partial charge is 0.401 e. The van der Waals surface area contributed by atoms with Crippen LogP contribution in [-0.2, 0) is 0 Å². The molecule has 0 aromatic carbocycles. The normalized spacial score (nSPS) is 11.0. The first-order chi connectivity index (χ1) is 10.2. The lowest BCUT2D eigenvalue weighted by Crippen LogP contribution is -2.17. The zero-order valence-corrected chi connectivity index (χ0v) is 10.7. The minimum Gasteiger partial charge on any atom is -0.401 e. The lowest BCUT2D eigenvalue weighted by atomic mass is 10.3. The Kier molecular flexibility index (Phi) is 4.54. The molecule has 0 bridgehead atoms. The fourth-order valence-electron chi connectivity index (χ4n) is 1.37. The number of nitrogens with one attached hydrogen (secondary N) is 1. The van der Waals surface area contributed by atoms with Crippen LogP contribution in [-0.4, -0.2) is 22.0 Å². The van der Waals surface area contributed by atoms with Gasteiger partial charge in [0.15, 0.2) is 0 Å². The van der Waals surface area contributed by atoms with E-state index in [0.717, 1.165) is 0 Å². The van der Waals surface area contributed by atoms with Gasteiger partial charge in [0.2, 0.25) is 0 Å². The molecule has 0 saturated carbocycles. The van der Waals surface area contributed by atoms with Gasteiger partial charge in [-0.1, -0.05) is 0 Å². The highest BCUT2D eigenvalue weighted by Crippen LogP contribution is 2.16. The van der Waals surface area contributed by atoms with Crippen molar-refractivity contribution in [1.82, 2.24) is 10.4 Å². The summed E-state index contributed by atoms with van der Waals surface area (Å²) in [6, 6.07) is 5.82. The van der Waals surface area contributed by atoms with Crippen molar-refractivity contribution in [3.63, 3.8) is 0 Å². The number of aromatic nitrogens is 1. The van der Waals surface area contributed by atoms with Crippen molar-refractivity contribution in [3.8, 4) is 0 Å². The summed E-state index contributed by atoms with van der Waals surface area (Å²) < 4.78 is 4.90. The second kappa shape index (κ2) is 6.75. The van der Waals surface area contributed by atoms with Crippen molar-refractivity contribution in [1.29, 1.82) is 0 Å². The number of nitrogens with zero attached hydrogens (tertiary/aromatic N) is 3. The molecular weight excluding hydrogens is 276 g/mol. The molecule has 2 aromatic heterocycles. The monoisotopic (exact) mass is 286 g/mol. The van der Waals surface area contributed by atoms with Crippen molar-refractivity contribution < 1.29 is 14.1 Å². The molecule has 0 saturated heterocycles. The molecule has 0 atom stereocenters. The predicted molar refractivity (Wildman–Crippen MR) is 74.6 cm³/mol. The van der Waals surface area contributed by atoms with Crippen LogP contribution in [0.25, 0.3) is 6.08 Å². The summed E-state index contributed by atoms with van der Waals surface area (Å²) >= 11 is 0. The number of pyridine rings is 1. The van der Waals surface area contributed by atoms with Crippen molar-refractivity contribution in [2.75, 3.05) is 0 Å². The molecule has 0 aliphatic carbocycles. The van der Waals surface area contributed by atoms with Crippen molar-refractivity contribution in [3.05, 3.63) is 64.2 Å². The number of hydrogen-bond acceptors (Lipinski definition) is 6. The summed E-state index contributed by atoms with van der Waals surface area (Å²) in [4.78, 5) is 25.2. The van der Waals surface area contributed by atoms with Gasteiger partial charge in [0.05, 0.1) is 6.07 Å². The van der Waals surface area contributed by atoms with Crippen LogP contribution in [0.5, 0.6) is 0 Å². The maximum absolute atomic E-state index is 11.6. The van der Waals surface area contributed by atoms with E-state index in [9.17, 15) is 14.9 Å². The van der Waals surface area contributed by atoms with E-state index in [0.29, 0.717) is 11.3 Å². The molecule has 0 spiro atoms. The first kappa shape index (κ1) is 14.1. The number of furan rings is 1. The van der Waals surface area contributed by atoms with Gasteiger partial charge in [-0.15, -0.1) is 0 Å². The molecular formula is C13H10N4O4. The zero-order chi connectivity index (χ0) is 15.1. The Labute approximate surface area is 119 Å². The van der Waals surface area contributed by atoms with E-state index in [1.54, 1.807) is 12.1 Å². The Balaban J connectivity index is 1.86. The van der Waals surface area contributed by atoms with Gasteiger partial charge in [-0.3, -0.25) is 19.9 Å². The van der Waals surface area contributed by atoms with Gasteiger partial charge in [-0.25, -0.2) is 5.43 Å². The van der Waals surface area contributed by atoms with Crippen molar-refractivity contribution >= 4 is 24.1 Å². The molecule has 0 radical (unpaired) electrons. The largest absolute Gasteiger partial charge is 0.433 e. The second-order valence-electron chi connectivity index (χ2n) is 3.75. The number of amides is 1. The second-order valence-corrected chi connectivity index (χ2v) is 3.75. The number of carbonyl (C=O) groups excluding carboxylic acids is 1. The molecule has 8 nitrogen and oxygen atoms in total. The summed E-state index contributed by atoms with van der Waals surface area (Å²) in [5.41, 5.74) is 2.76. The number of allylic oxidation sites excluding steroid dienone is 1. The molecule has 2 aromatic rings. The molecule has 1 amide bonds. The van der Waals surface area contributed by atoms with E-state index < -0.39 is 4.92 Å². The summed E-state index contributed by atoms with van der Waals surface area (Å²) in [5, 5.41) is 14.1. The summed E-state index contributed by atoms with van der Waals surface area (Å²) in [5.74, 6) is -0.387. The summed E-state index contributed by atoms with van der Waals surface area (Å²) in [7, 11) is 0. The molecule has 0 fully saturated rings. The third-order valence-electron chi connectivity index (χ3n) is 2.32. The Morgan fingerprint density at radius 1 is 1.33 bits per heavy atom. The Bertz CT molecular complexity index is 691. The number of nitro groups is 1. The third-order valence-corrected chi connectivity index (χ3v) is 2.32. The van der Waals surface area contributed by atoms with Crippen LogP contribution >= 0.6 is 0 Å². The molecule has 1 N–H and O–H groups in total. The number of carbonyl (C=O) groups is 1. The minimum atomic E-state index is -0.625. The lowest BCUT2D eigenvalue weighted by Gasteiger charge is -1.96. The van der Waals surface area contributed by atoms with Gasteiger partial charge in [0.25, 0.3) is 5.91 Å². The van der Waals surface area contributed by atoms with Gasteiger partial charge in [0.1, 0.15) is 10.7 Å². The van der Waals surface area contributed by atoms with Gasteiger partial charge in [-0.05, 0) is 30.4 Å². The van der Waals surface area contributed by atoms with Crippen molar-refractivity contribution in [2.45, 2.75) is 0 Å². The van der Waals surface area contributed by atoms with Crippen LogP contribution in [0, 0.1) is 10.1 Å². The SMILES string of the molecule is O=C(N/N=C/C=C/c1ccc([N+](=O)[O-])o1)c1ccncc1. The van der Waals surface area contributed by atoms with E-state index >= 15 is 0 Å². The van der Waals surface area contributed by atoms with Crippen molar-refractivity contribution in [2.24, 2.45) is 5.10 Å². The van der Waals surface area contributed by atoms with Crippen LogP contribution in [0.1, 0.15) is 16.1 Å². The Hall–Kier alpha value is -3.29. The van der Waals surface area contributed by atoms with Crippen LogP contribution < -0.4 is 5.43 Å². The lowest BCUT2D eigenvalue weighted by molar-refractivity contribution is -0.402. The molecule has 21 heavy (non-hydrogen) atoms. The highest BCUT2D eigenvalue weighted by molar-refractivity contribution is 5.94. The Morgan fingerprint density at radius 2 is 2.10 bits per heavy atom. The number of rotatable bonds is 5. The molecule has 0 unspecified atom stereocenters. The average molecular weight is 286 g/mol. The fraction of sp³-hybridized carbons (Fsp3) is 0. The molecule has 8 heteroatoms. The first-order valence-corrected chi connectivity index (χ1v) is 5.81. The van der Waals surface area contributed by atoms with Gasteiger partial charge >= 0.3 is 5.88 Å². The summed E-state index contributed by atoms with van der Waals surface area (Å²) in [6.07, 6.45) is 7.29. The zero-order valence-electron chi connectivity index (χ0n) is 10.7. The molecule has 106 valence electrons. The quantitative estimate of drug-likeness (QED) is 0.513. The highest BCUT2D eigenvalue weighted by atomic mass is 16.6. The van der Waals surface area contributed by atoms with E-state index in [1.165, 1.54) is 42.9 Å². The average Bonchev–Trinajstić information content (AvgIpc) is 2.97. The van der Waals surface area contributed by atoms with Crippen LogP contribution in [0.15, 0.2) is 52.3 Å². The van der Waals surface area contributed by atoms with Gasteiger partial charge < -0.3 is 4.42 Å². The van der Waals surface area contributed by atoms with Crippen LogP contribution in [0.3, 0.4) is 0 Å². The van der Waals surface area contributed by atoms with E-state index in [-0.39, 0.29) is 11.8 Å².